The van der Waals surface area contributed by atoms with Crippen molar-refractivity contribution < 1.29 is 0 Å². The second-order valence-corrected chi connectivity index (χ2v) is 7.64. The fraction of sp³-hybridized carbons (Fsp3) is 0.115. The SMILES string of the molecule is C/C=C/Cn1nc(-c2ccccc2)nc1Cc1ccc(-c2ccccc2-c2nnn[nH]2)cc1. The highest BCUT2D eigenvalue weighted by Crippen LogP contribution is 2.30. The number of rotatable bonds is 7. The summed E-state index contributed by atoms with van der Waals surface area (Å²) in [6.45, 7) is 2.71. The predicted octanol–water partition coefficient (Wildman–Crippen LogP) is 4.96. The standard InChI is InChI=1S/C26H23N7/c1-2-3-17-33-24(27-25(30-33)21-9-5-4-6-10-21)18-19-13-15-20(16-14-19)22-11-7-8-12-23(22)26-28-31-32-29-26/h2-16H,17-18H2,1H3,(H,28,29,31,32)/b3-2+. The first kappa shape index (κ1) is 20.5. The first-order chi connectivity index (χ1) is 16.3. The van der Waals surface area contributed by atoms with Crippen LogP contribution < -0.4 is 0 Å². The van der Waals surface area contributed by atoms with Crippen molar-refractivity contribution in [2.45, 2.75) is 19.9 Å². The van der Waals surface area contributed by atoms with Gasteiger partial charge in [-0.05, 0) is 34.0 Å². The summed E-state index contributed by atoms with van der Waals surface area (Å²) in [5, 5.41) is 19.1. The molecule has 5 aromatic rings. The van der Waals surface area contributed by atoms with Crippen molar-refractivity contribution in [1.29, 1.82) is 0 Å². The maximum Gasteiger partial charge on any atom is 0.181 e. The second kappa shape index (κ2) is 9.40. The van der Waals surface area contributed by atoms with Crippen molar-refractivity contribution >= 4 is 0 Å². The first-order valence-electron chi connectivity index (χ1n) is 10.8. The summed E-state index contributed by atoms with van der Waals surface area (Å²) in [6, 6.07) is 26.7. The lowest BCUT2D eigenvalue weighted by Crippen LogP contribution is -2.05. The third kappa shape index (κ3) is 4.48. The molecule has 7 heteroatoms. The number of aromatic amines is 1. The van der Waals surface area contributed by atoms with Gasteiger partial charge in [0.25, 0.3) is 0 Å². The molecule has 0 bridgehead atoms. The van der Waals surface area contributed by atoms with Gasteiger partial charge in [0.1, 0.15) is 5.82 Å². The van der Waals surface area contributed by atoms with Gasteiger partial charge in [-0.1, -0.05) is 91.0 Å². The van der Waals surface area contributed by atoms with E-state index in [4.69, 9.17) is 10.1 Å². The molecule has 0 saturated heterocycles. The third-order valence-corrected chi connectivity index (χ3v) is 5.45. The summed E-state index contributed by atoms with van der Waals surface area (Å²) >= 11 is 0. The molecule has 0 unspecified atom stereocenters. The molecule has 0 spiro atoms. The summed E-state index contributed by atoms with van der Waals surface area (Å²) in [7, 11) is 0. The van der Waals surface area contributed by atoms with Crippen molar-refractivity contribution in [3.05, 3.63) is 102 Å². The minimum Gasteiger partial charge on any atom is -0.245 e. The molecule has 1 N–H and O–H groups in total. The van der Waals surface area contributed by atoms with Crippen molar-refractivity contribution in [2.75, 3.05) is 0 Å². The smallest absolute Gasteiger partial charge is 0.181 e. The minimum absolute atomic E-state index is 0.653. The average Bonchev–Trinajstić information content (AvgIpc) is 3.54. The van der Waals surface area contributed by atoms with E-state index in [-0.39, 0.29) is 0 Å². The molecule has 0 atom stereocenters. The molecule has 2 heterocycles. The van der Waals surface area contributed by atoms with Crippen LogP contribution in [0, 0.1) is 0 Å². The molecule has 0 aliphatic rings. The van der Waals surface area contributed by atoms with E-state index in [1.807, 2.05) is 66.2 Å². The number of tetrazole rings is 1. The van der Waals surface area contributed by atoms with Crippen molar-refractivity contribution in [3.63, 3.8) is 0 Å². The van der Waals surface area contributed by atoms with Gasteiger partial charge in [0.05, 0.1) is 6.54 Å². The summed E-state index contributed by atoms with van der Waals surface area (Å²) in [6.07, 6.45) is 4.82. The molecule has 0 amide bonds. The van der Waals surface area contributed by atoms with Gasteiger partial charge < -0.3 is 0 Å². The third-order valence-electron chi connectivity index (χ3n) is 5.45. The molecule has 3 aromatic carbocycles. The minimum atomic E-state index is 0.653. The van der Waals surface area contributed by atoms with Gasteiger partial charge in [-0.3, -0.25) is 0 Å². The zero-order valence-electron chi connectivity index (χ0n) is 18.3. The second-order valence-electron chi connectivity index (χ2n) is 7.64. The van der Waals surface area contributed by atoms with E-state index < -0.39 is 0 Å². The molecule has 7 nitrogen and oxygen atoms in total. The topological polar surface area (TPSA) is 85.2 Å². The van der Waals surface area contributed by atoms with Crippen molar-refractivity contribution in [2.24, 2.45) is 0 Å². The van der Waals surface area contributed by atoms with Gasteiger partial charge in [0, 0.05) is 17.5 Å². The van der Waals surface area contributed by atoms with E-state index in [1.54, 1.807) is 0 Å². The number of H-pyrrole nitrogens is 1. The Labute approximate surface area is 191 Å². The number of aromatic nitrogens is 7. The highest BCUT2D eigenvalue weighted by Gasteiger charge is 2.13. The van der Waals surface area contributed by atoms with E-state index in [0.29, 0.717) is 18.8 Å². The van der Waals surface area contributed by atoms with Crippen molar-refractivity contribution in [3.8, 4) is 33.9 Å². The lowest BCUT2D eigenvalue weighted by Gasteiger charge is -2.08. The Morgan fingerprint density at radius 2 is 1.61 bits per heavy atom. The number of hydrogen-bond donors (Lipinski definition) is 1. The van der Waals surface area contributed by atoms with Crippen LogP contribution in [0.3, 0.4) is 0 Å². The monoisotopic (exact) mass is 433 g/mol. The Balaban J connectivity index is 1.43. The van der Waals surface area contributed by atoms with Crippen LogP contribution in [0.1, 0.15) is 18.3 Å². The van der Waals surface area contributed by atoms with Crippen LogP contribution in [0.4, 0.5) is 0 Å². The van der Waals surface area contributed by atoms with E-state index in [1.165, 1.54) is 5.56 Å². The highest BCUT2D eigenvalue weighted by molar-refractivity contribution is 5.80. The number of nitrogens with one attached hydrogen (secondary N) is 1. The van der Waals surface area contributed by atoms with E-state index in [9.17, 15) is 0 Å². The van der Waals surface area contributed by atoms with Crippen LogP contribution in [-0.4, -0.2) is 35.4 Å². The highest BCUT2D eigenvalue weighted by atomic mass is 15.5. The van der Waals surface area contributed by atoms with Crippen LogP contribution in [0.2, 0.25) is 0 Å². The fourth-order valence-electron chi connectivity index (χ4n) is 3.77. The molecule has 0 fully saturated rings. The maximum absolute atomic E-state index is 4.85. The van der Waals surface area contributed by atoms with Gasteiger partial charge in [0.15, 0.2) is 11.6 Å². The largest absolute Gasteiger partial charge is 0.245 e. The molecule has 33 heavy (non-hydrogen) atoms. The van der Waals surface area contributed by atoms with Crippen molar-refractivity contribution in [1.82, 2.24) is 35.4 Å². The summed E-state index contributed by atoms with van der Waals surface area (Å²) in [4.78, 5) is 4.85. The zero-order chi connectivity index (χ0) is 22.5. The lowest BCUT2D eigenvalue weighted by atomic mass is 9.98. The molecule has 5 rings (SSSR count). The maximum atomic E-state index is 4.85. The molecule has 0 aliphatic heterocycles. The summed E-state index contributed by atoms with van der Waals surface area (Å²) in [5.41, 5.74) is 5.34. The lowest BCUT2D eigenvalue weighted by molar-refractivity contribution is 0.661. The summed E-state index contributed by atoms with van der Waals surface area (Å²) in [5.74, 6) is 2.34. The Kier molecular flexibility index (Phi) is 5.84. The van der Waals surface area contributed by atoms with E-state index in [2.05, 4.69) is 57.0 Å². The quantitative estimate of drug-likeness (QED) is 0.367. The van der Waals surface area contributed by atoms with Gasteiger partial charge in [-0.2, -0.15) is 5.10 Å². The molecule has 0 radical (unpaired) electrons. The number of benzene rings is 3. The number of nitrogens with zero attached hydrogens (tertiary/aromatic N) is 6. The van der Waals surface area contributed by atoms with Crippen LogP contribution >= 0.6 is 0 Å². The number of allylic oxidation sites excluding steroid dienone is 2. The average molecular weight is 434 g/mol. The Morgan fingerprint density at radius 3 is 2.33 bits per heavy atom. The first-order valence-corrected chi connectivity index (χ1v) is 10.8. The fourth-order valence-corrected chi connectivity index (χ4v) is 3.77. The molecule has 2 aromatic heterocycles. The van der Waals surface area contributed by atoms with Crippen LogP contribution in [0.5, 0.6) is 0 Å². The van der Waals surface area contributed by atoms with Gasteiger partial charge in [0.2, 0.25) is 0 Å². The number of hydrogen-bond acceptors (Lipinski definition) is 5. The van der Waals surface area contributed by atoms with Gasteiger partial charge in [-0.15, -0.1) is 5.10 Å². The zero-order valence-corrected chi connectivity index (χ0v) is 18.3. The molecule has 0 saturated carbocycles. The van der Waals surface area contributed by atoms with Gasteiger partial charge in [-0.25, -0.2) is 14.8 Å². The Hall–Kier alpha value is -4.39. The summed E-state index contributed by atoms with van der Waals surface area (Å²) < 4.78 is 1.97. The molecule has 0 aliphatic carbocycles. The van der Waals surface area contributed by atoms with Crippen LogP contribution in [0.15, 0.2) is 91.0 Å². The molecular weight excluding hydrogens is 410 g/mol. The molecular formula is C26H23N7. The normalized spacial score (nSPS) is 11.3. The predicted molar refractivity (Wildman–Crippen MR) is 128 cm³/mol. The van der Waals surface area contributed by atoms with Crippen LogP contribution in [0.25, 0.3) is 33.9 Å². The Morgan fingerprint density at radius 1 is 0.848 bits per heavy atom. The van der Waals surface area contributed by atoms with E-state index in [0.717, 1.165) is 33.9 Å². The molecule has 162 valence electrons. The van der Waals surface area contributed by atoms with Crippen LogP contribution in [-0.2, 0) is 13.0 Å². The van der Waals surface area contributed by atoms with E-state index >= 15 is 0 Å². The Bertz CT molecular complexity index is 1350. The van der Waals surface area contributed by atoms with Gasteiger partial charge >= 0.3 is 0 Å².